The number of hydrogen-bond acceptors (Lipinski definition) is 3. The lowest BCUT2D eigenvalue weighted by molar-refractivity contribution is 0.474. The van der Waals surface area contributed by atoms with E-state index >= 15 is 0 Å². The van der Waals surface area contributed by atoms with Crippen LogP contribution in [0.3, 0.4) is 0 Å². The van der Waals surface area contributed by atoms with Crippen LogP contribution in [0.25, 0.3) is 10.8 Å². The van der Waals surface area contributed by atoms with Gasteiger partial charge in [-0.1, -0.05) is 58.0 Å². The van der Waals surface area contributed by atoms with Gasteiger partial charge in [0, 0.05) is 10.9 Å². The molecule has 0 aromatic heterocycles. The van der Waals surface area contributed by atoms with Crippen molar-refractivity contribution in [3.63, 3.8) is 0 Å². The van der Waals surface area contributed by atoms with Crippen LogP contribution >= 0.6 is 0 Å². The van der Waals surface area contributed by atoms with E-state index in [-0.39, 0.29) is 5.92 Å². The third-order valence-electron chi connectivity index (χ3n) is 4.05. The van der Waals surface area contributed by atoms with Gasteiger partial charge in [-0.15, -0.1) is 0 Å². The first-order chi connectivity index (χ1) is 10.6. The molecule has 0 atom stereocenters. The highest BCUT2D eigenvalue weighted by atomic mass is 32.2. The van der Waals surface area contributed by atoms with E-state index in [0.29, 0.717) is 11.7 Å². The van der Waals surface area contributed by atoms with Gasteiger partial charge in [0.1, 0.15) is 0 Å². The van der Waals surface area contributed by atoms with Crippen LogP contribution in [0.5, 0.6) is 5.75 Å². The molecule has 0 spiro atoms. The average Bonchev–Trinajstić information content (AvgIpc) is 2.45. The van der Waals surface area contributed by atoms with Crippen molar-refractivity contribution in [2.45, 2.75) is 58.6 Å². The summed E-state index contributed by atoms with van der Waals surface area (Å²) in [5, 5.41) is 1.28. The maximum atomic E-state index is 12.4. The second kappa shape index (κ2) is 6.52. The van der Waals surface area contributed by atoms with Gasteiger partial charge in [-0.05, 0) is 36.6 Å². The largest absolute Gasteiger partial charge is 0.381 e. The van der Waals surface area contributed by atoms with Crippen molar-refractivity contribution in [2.75, 3.05) is 0 Å². The summed E-state index contributed by atoms with van der Waals surface area (Å²) in [5.74, 6) is 0.964. The van der Waals surface area contributed by atoms with E-state index in [0.717, 1.165) is 21.9 Å². The van der Waals surface area contributed by atoms with Crippen LogP contribution in [-0.2, 0) is 10.1 Å². The molecule has 0 aliphatic rings. The average molecular weight is 334 g/mol. The van der Waals surface area contributed by atoms with Gasteiger partial charge in [0.15, 0.2) is 5.75 Å². The number of hydrogen-bond donors (Lipinski definition) is 0. The summed E-state index contributed by atoms with van der Waals surface area (Å²) in [6.07, 6.45) is 0. The lowest BCUT2D eigenvalue weighted by Gasteiger charge is -2.23. The minimum atomic E-state index is -3.64. The summed E-state index contributed by atoms with van der Waals surface area (Å²) in [6, 6.07) is 9.96. The van der Waals surface area contributed by atoms with E-state index < -0.39 is 15.4 Å². The number of benzene rings is 2. The van der Waals surface area contributed by atoms with Gasteiger partial charge in [0.2, 0.25) is 0 Å². The summed E-state index contributed by atoms with van der Waals surface area (Å²) >= 11 is 0. The van der Waals surface area contributed by atoms with Crippen molar-refractivity contribution in [1.82, 2.24) is 0 Å². The first-order valence-electron chi connectivity index (χ1n) is 8.14. The predicted molar refractivity (Wildman–Crippen MR) is 96.8 cm³/mol. The van der Waals surface area contributed by atoms with Gasteiger partial charge in [-0.25, -0.2) is 0 Å². The Labute approximate surface area is 139 Å². The standard InChI is InChI=1S/C19H26O3S/c1-12(2)17-11-15-9-7-8-10-16(15)19(18(17)13(3)4)22-23(20,21)14(5)6/h7-14H,1-6H3. The molecule has 0 aliphatic carbocycles. The molecule has 0 fully saturated rings. The van der Waals surface area contributed by atoms with E-state index in [1.165, 1.54) is 0 Å². The quantitative estimate of drug-likeness (QED) is 0.706. The molecule has 0 N–H and O–H groups in total. The maximum Gasteiger partial charge on any atom is 0.311 e. The minimum absolute atomic E-state index is 0.175. The van der Waals surface area contributed by atoms with Crippen molar-refractivity contribution in [1.29, 1.82) is 0 Å². The van der Waals surface area contributed by atoms with E-state index in [1.807, 2.05) is 24.3 Å². The lowest BCUT2D eigenvalue weighted by Crippen LogP contribution is -2.21. The zero-order valence-electron chi connectivity index (χ0n) is 14.8. The number of rotatable bonds is 5. The Kier molecular flexibility index (Phi) is 5.04. The molecule has 126 valence electrons. The van der Waals surface area contributed by atoms with Crippen LogP contribution in [0.2, 0.25) is 0 Å². The van der Waals surface area contributed by atoms with Crippen LogP contribution in [0, 0.1) is 0 Å². The van der Waals surface area contributed by atoms with E-state index in [1.54, 1.807) is 13.8 Å². The van der Waals surface area contributed by atoms with Crippen molar-refractivity contribution in [3.8, 4) is 5.75 Å². The smallest absolute Gasteiger partial charge is 0.311 e. The summed E-state index contributed by atoms with van der Waals surface area (Å²) in [7, 11) is -3.64. The second-order valence-electron chi connectivity index (χ2n) is 6.86. The van der Waals surface area contributed by atoms with Gasteiger partial charge in [0.25, 0.3) is 0 Å². The van der Waals surface area contributed by atoms with Crippen LogP contribution in [0.4, 0.5) is 0 Å². The lowest BCUT2D eigenvalue weighted by atomic mass is 9.87. The molecule has 23 heavy (non-hydrogen) atoms. The van der Waals surface area contributed by atoms with Crippen molar-refractivity contribution in [3.05, 3.63) is 41.5 Å². The minimum Gasteiger partial charge on any atom is -0.381 e. The van der Waals surface area contributed by atoms with Gasteiger partial charge in [-0.2, -0.15) is 8.42 Å². The topological polar surface area (TPSA) is 43.4 Å². The Morgan fingerprint density at radius 2 is 1.52 bits per heavy atom. The molecule has 0 heterocycles. The fourth-order valence-electron chi connectivity index (χ4n) is 2.73. The van der Waals surface area contributed by atoms with Crippen molar-refractivity contribution in [2.24, 2.45) is 0 Å². The first-order valence-corrected chi connectivity index (χ1v) is 9.61. The molecular formula is C19H26O3S. The summed E-state index contributed by atoms with van der Waals surface area (Å²) < 4.78 is 30.4. The van der Waals surface area contributed by atoms with Gasteiger partial charge < -0.3 is 4.18 Å². The maximum absolute atomic E-state index is 12.4. The zero-order valence-corrected chi connectivity index (χ0v) is 15.6. The highest BCUT2D eigenvalue weighted by molar-refractivity contribution is 7.87. The second-order valence-corrected chi connectivity index (χ2v) is 8.96. The molecule has 0 aliphatic heterocycles. The SMILES string of the molecule is CC(C)c1cc2ccccc2c(OS(=O)(=O)C(C)C)c1C(C)C. The molecule has 2 aromatic rings. The van der Waals surface area contributed by atoms with Crippen molar-refractivity contribution >= 4 is 20.9 Å². The molecule has 0 saturated carbocycles. The highest BCUT2D eigenvalue weighted by Crippen LogP contribution is 2.41. The van der Waals surface area contributed by atoms with Crippen LogP contribution in [0.15, 0.2) is 30.3 Å². The Bertz CT molecular complexity index is 803. The molecule has 2 rings (SSSR count). The van der Waals surface area contributed by atoms with E-state index in [9.17, 15) is 8.42 Å². The normalized spacial score (nSPS) is 12.6. The van der Waals surface area contributed by atoms with Crippen LogP contribution in [-0.4, -0.2) is 13.7 Å². The van der Waals surface area contributed by atoms with Gasteiger partial charge in [0.05, 0.1) is 5.25 Å². The fourth-order valence-corrected chi connectivity index (χ4v) is 3.33. The first kappa shape index (κ1) is 17.8. The van der Waals surface area contributed by atoms with Crippen LogP contribution < -0.4 is 4.18 Å². The molecular weight excluding hydrogens is 308 g/mol. The molecule has 4 heteroatoms. The molecule has 0 radical (unpaired) electrons. The molecule has 2 aromatic carbocycles. The van der Waals surface area contributed by atoms with Gasteiger partial charge >= 0.3 is 10.1 Å². The van der Waals surface area contributed by atoms with Crippen LogP contribution in [0.1, 0.15) is 64.5 Å². The van der Waals surface area contributed by atoms with E-state index in [2.05, 4.69) is 33.8 Å². The fraction of sp³-hybridized carbons (Fsp3) is 0.474. The predicted octanol–water partition coefficient (Wildman–Crippen LogP) is 5.20. The van der Waals surface area contributed by atoms with E-state index in [4.69, 9.17) is 4.18 Å². The summed E-state index contributed by atoms with van der Waals surface area (Å²) in [5.41, 5.74) is 2.13. The Morgan fingerprint density at radius 3 is 2.04 bits per heavy atom. The Balaban J connectivity index is 2.85. The van der Waals surface area contributed by atoms with Crippen molar-refractivity contribution < 1.29 is 12.6 Å². The molecule has 3 nitrogen and oxygen atoms in total. The molecule has 0 amide bonds. The third-order valence-corrected chi connectivity index (χ3v) is 5.60. The zero-order chi connectivity index (χ0) is 17.4. The third kappa shape index (κ3) is 3.52. The Hall–Kier alpha value is -1.55. The molecule has 0 saturated heterocycles. The number of fused-ring (bicyclic) bond motifs is 1. The van der Waals surface area contributed by atoms with Gasteiger partial charge in [-0.3, -0.25) is 0 Å². The summed E-state index contributed by atoms with van der Waals surface area (Å²) in [4.78, 5) is 0. The monoisotopic (exact) mass is 334 g/mol. The Morgan fingerprint density at radius 1 is 0.913 bits per heavy atom. The molecule has 0 bridgehead atoms. The molecule has 0 unspecified atom stereocenters. The summed E-state index contributed by atoms with van der Waals surface area (Å²) in [6.45, 7) is 11.7. The highest BCUT2D eigenvalue weighted by Gasteiger charge is 2.25.